The molecule has 1 aliphatic heterocycles. The minimum Gasteiger partial charge on any atom is -0.467 e. The Bertz CT molecular complexity index is 1220. The van der Waals surface area contributed by atoms with Gasteiger partial charge in [-0.05, 0) is 30.0 Å². The summed E-state index contributed by atoms with van der Waals surface area (Å²) >= 11 is 1.56. The van der Waals surface area contributed by atoms with E-state index < -0.39 is 0 Å². The Balaban J connectivity index is 1.36. The summed E-state index contributed by atoms with van der Waals surface area (Å²) in [6, 6.07) is 16.6. The number of thiophene rings is 1. The molecule has 0 spiro atoms. The number of aryl methyl sites for hydroxylation is 1. The lowest BCUT2D eigenvalue weighted by molar-refractivity contribution is -0.134. The van der Waals surface area contributed by atoms with E-state index in [1.165, 1.54) is 23.0 Å². The van der Waals surface area contributed by atoms with Crippen molar-refractivity contribution < 1.29 is 9.53 Å². The molecule has 4 aromatic rings. The van der Waals surface area contributed by atoms with E-state index >= 15 is 0 Å². The summed E-state index contributed by atoms with van der Waals surface area (Å²) in [4.78, 5) is 24.2. The van der Waals surface area contributed by atoms with E-state index in [1.54, 1.807) is 11.3 Å². The van der Waals surface area contributed by atoms with Crippen LogP contribution in [0, 0.1) is 6.92 Å². The number of hydrogen-bond donors (Lipinski definition) is 0. The van der Waals surface area contributed by atoms with E-state index in [-0.39, 0.29) is 12.5 Å². The van der Waals surface area contributed by atoms with Crippen LogP contribution in [0.1, 0.15) is 16.7 Å². The van der Waals surface area contributed by atoms with Crippen LogP contribution in [0.4, 0.5) is 0 Å². The second-order valence-electron chi connectivity index (χ2n) is 7.50. The molecule has 30 heavy (non-hydrogen) atoms. The molecule has 0 N–H and O–H groups in total. The lowest BCUT2D eigenvalue weighted by Crippen LogP contribution is -2.38. The zero-order valence-corrected chi connectivity index (χ0v) is 17.5. The highest BCUT2D eigenvalue weighted by Crippen LogP contribution is 2.37. The first-order chi connectivity index (χ1) is 14.7. The Hall–Kier alpha value is -3.25. The molecule has 0 radical (unpaired) electrons. The predicted molar refractivity (Wildman–Crippen MR) is 119 cm³/mol. The zero-order chi connectivity index (χ0) is 20.5. The molecule has 6 heteroatoms. The van der Waals surface area contributed by atoms with Gasteiger partial charge in [-0.3, -0.25) is 4.79 Å². The van der Waals surface area contributed by atoms with Crippen LogP contribution in [0.15, 0.2) is 60.2 Å². The van der Waals surface area contributed by atoms with Crippen molar-refractivity contribution in [2.75, 3.05) is 13.2 Å². The second kappa shape index (κ2) is 7.88. The first kappa shape index (κ1) is 18.8. The summed E-state index contributed by atoms with van der Waals surface area (Å²) in [6.45, 7) is 3.38. The number of benzene rings is 2. The number of nitrogens with zero attached hydrogens (tertiary/aromatic N) is 3. The molecule has 5 nitrogen and oxygen atoms in total. The predicted octanol–water partition coefficient (Wildman–Crippen LogP) is 4.63. The maximum atomic E-state index is 12.8. The molecular weight excluding hydrogens is 394 g/mol. The molecule has 0 fully saturated rings. The van der Waals surface area contributed by atoms with Crippen molar-refractivity contribution in [2.45, 2.75) is 19.9 Å². The topological polar surface area (TPSA) is 55.3 Å². The first-order valence-corrected chi connectivity index (χ1v) is 10.8. The number of fused-ring (bicyclic) bond motifs is 2. The van der Waals surface area contributed by atoms with Gasteiger partial charge in [0.25, 0.3) is 5.91 Å². The highest BCUT2D eigenvalue weighted by atomic mass is 32.1. The molecule has 0 saturated heterocycles. The summed E-state index contributed by atoms with van der Waals surface area (Å²) in [5.41, 5.74) is 5.86. The van der Waals surface area contributed by atoms with Crippen molar-refractivity contribution in [3.8, 4) is 17.0 Å². The minimum atomic E-state index is -0.0303. The van der Waals surface area contributed by atoms with Gasteiger partial charge in [-0.15, -0.1) is 11.3 Å². The van der Waals surface area contributed by atoms with Crippen molar-refractivity contribution in [3.63, 3.8) is 0 Å². The van der Waals surface area contributed by atoms with Crippen LogP contribution in [0.3, 0.4) is 0 Å². The van der Waals surface area contributed by atoms with E-state index in [9.17, 15) is 4.79 Å². The van der Waals surface area contributed by atoms with Gasteiger partial charge in [0.15, 0.2) is 6.61 Å². The fraction of sp³-hybridized carbons (Fsp3) is 0.208. The molecule has 1 aliphatic rings. The molecule has 150 valence electrons. The van der Waals surface area contributed by atoms with Gasteiger partial charge in [-0.1, -0.05) is 54.1 Å². The van der Waals surface area contributed by atoms with E-state index in [0.29, 0.717) is 19.0 Å². The molecular formula is C24H21N3O2S. The Morgan fingerprint density at radius 2 is 1.90 bits per heavy atom. The molecule has 5 rings (SSSR count). The third kappa shape index (κ3) is 3.55. The molecule has 0 saturated carbocycles. The maximum absolute atomic E-state index is 12.8. The number of carbonyl (C=O) groups is 1. The van der Waals surface area contributed by atoms with Gasteiger partial charge in [-0.2, -0.15) is 0 Å². The number of hydrogen-bond acceptors (Lipinski definition) is 5. The summed E-state index contributed by atoms with van der Waals surface area (Å²) in [5, 5.41) is 2.93. The quantitative estimate of drug-likeness (QED) is 0.488. The van der Waals surface area contributed by atoms with E-state index in [4.69, 9.17) is 4.74 Å². The molecule has 0 unspecified atom stereocenters. The first-order valence-electron chi connectivity index (χ1n) is 9.95. The lowest BCUT2D eigenvalue weighted by Gasteiger charge is -2.28. The second-order valence-corrected chi connectivity index (χ2v) is 8.36. The normalized spacial score (nSPS) is 13.3. The Morgan fingerprint density at radius 3 is 2.73 bits per heavy atom. The van der Waals surface area contributed by atoms with Gasteiger partial charge in [0.1, 0.15) is 11.2 Å². The fourth-order valence-corrected chi connectivity index (χ4v) is 4.74. The van der Waals surface area contributed by atoms with Gasteiger partial charge >= 0.3 is 0 Å². The average Bonchev–Trinajstić information content (AvgIpc) is 3.22. The number of aromatic nitrogens is 2. The standard InChI is InChI=1S/C24H21N3O2S/c1-16-6-8-18(9-7-16)20-14-30-24-22(20)23(25-15-26-24)29-13-21(28)27-11-10-17-4-2-3-5-19(17)12-27/h2-9,14-15H,10-13H2,1H3. The van der Waals surface area contributed by atoms with Crippen molar-refractivity contribution in [1.29, 1.82) is 0 Å². The van der Waals surface area contributed by atoms with Gasteiger partial charge in [0.05, 0.1) is 5.39 Å². The highest BCUT2D eigenvalue weighted by molar-refractivity contribution is 7.17. The molecule has 1 amide bonds. The zero-order valence-electron chi connectivity index (χ0n) is 16.7. The SMILES string of the molecule is Cc1ccc(-c2csc3ncnc(OCC(=O)N4CCc5ccccc5C4)c23)cc1. The number of amides is 1. The number of carbonyl (C=O) groups excluding carboxylic acids is 1. The van der Waals surface area contributed by atoms with Crippen LogP contribution in [0.5, 0.6) is 5.88 Å². The van der Waals surface area contributed by atoms with Crippen molar-refractivity contribution in [3.05, 3.63) is 76.9 Å². The maximum Gasteiger partial charge on any atom is 0.260 e. The minimum absolute atomic E-state index is 0.0246. The third-order valence-corrected chi connectivity index (χ3v) is 6.40. The molecule has 0 atom stereocenters. The van der Waals surface area contributed by atoms with Crippen LogP contribution in [0.25, 0.3) is 21.3 Å². The Morgan fingerprint density at radius 1 is 1.10 bits per heavy atom. The van der Waals surface area contributed by atoms with Crippen LogP contribution < -0.4 is 4.74 Å². The summed E-state index contributed by atoms with van der Waals surface area (Å²) in [7, 11) is 0. The average molecular weight is 416 g/mol. The Labute approximate surface area is 179 Å². The smallest absolute Gasteiger partial charge is 0.260 e. The van der Waals surface area contributed by atoms with Crippen molar-refractivity contribution in [1.82, 2.24) is 14.9 Å². The summed E-state index contributed by atoms with van der Waals surface area (Å²) in [6.07, 6.45) is 2.37. The van der Waals surface area contributed by atoms with Gasteiger partial charge in [0.2, 0.25) is 5.88 Å². The number of rotatable bonds is 4. The van der Waals surface area contributed by atoms with E-state index in [0.717, 1.165) is 27.8 Å². The van der Waals surface area contributed by atoms with Crippen LogP contribution in [0.2, 0.25) is 0 Å². The number of ether oxygens (including phenoxy) is 1. The lowest BCUT2D eigenvalue weighted by atomic mass is 10.00. The van der Waals surface area contributed by atoms with Crippen LogP contribution >= 0.6 is 11.3 Å². The summed E-state index contributed by atoms with van der Waals surface area (Å²) < 4.78 is 5.93. The van der Waals surface area contributed by atoms with Gasteiger partial charge in [-0.25, -0.2) is 9.97 Å². The fourth-order valence-electron chi connectivity index (χ4n) is 3.83. The third-order valence-electron chi connectivity index (χ3n) is 5.51. The molecule has 2 aromatic carbocycles. The van der Waals surface area contributed by atoms with Crippen molar-refractivity contribution in [2.24, 2.45) is 0 Å². The van der Waals surface area contributed by atoms with E-state index in [1.807, 2.05) is 17.0 Å². The molecule has 2 aromatic heterocycles. The van der Waals surface area contributed by atoms with Crippen LogP contribution in [-0.2, 0) is 17.8 Å². The summed E-state index contributed by atoms with van der Waals surface area (Å²) in [5.74, 6) is 0.436. The van der Waals surface area contributed by atoms with Crippen molar-refractivity contribution >= 4 is 27.5 Å². The Kier molecular flexibility index (Phi) is 4.93. The largest absolute Gasteiger partial charge is 0.467 e. The van der Waals surface area contributed by atoms with Crippen LogP contribution in [-0.4, -0.2) is 33.9 Å². The molecule has 0 aliphatic carbocycles. The monoisotopic (exact) mass is 415 g/mol. The molecule has 3 heterocycles. The van der Waals surface area contributed by atoms with Gasteiger partial charge in [0, 0.05) is 24.0 Å². The van der Waals surface area contributed by atoms with Gasteiger partial charge < -0.3 is 9.64 Å². The van der Waals surface area contributed by atoms with E-state index in [2.05, 4.69) is 58.7 Å². The highest BCUT2D eigenvalue weighted by Gasteiger charge is 2.22. The molecule has 0 bridgehead atoms.